The molecule has 1 N–H and O–H groups in total. The number of hydrogen-bond acceptors (Lipinski definition) is 4. The van der Waals surface area contributed by atoms with Crippen LogP contribution < -0.4 is 0 Å². The van der Waals surface area contributed by atoms with Crippen LogP contribution in [0.1, 0.15) is 65.2 Å². The molecule has 4 aliphatic carbocycles. The van der Waals surface area contributed by atoms with Gasteiger partial charge in [-0.15, -0.1) is 0 Å². The molecule has 4 nitrogen and oxygen atoms in total. The number of aliphatic hydroxyl groups excluding tert-OH is 1. The Morgan fingerprint density at radius 3 is 2.81 bits per heavy atom. The molecule has 140 valence electrons. The van der Waals surface area contributed by atoms with Gasteiger partial charge in [-0.1, -0.05) is 12.5 Å². The van der Waals surface area contributed by atoms with Crippen molar-refractivity contribution in [3.8, 4) is 6.07 Å². The van der Waals surface area contributed by atoms with Crippen molar-refractivity contribution in [2.24, 2.45) is 34.5 Å². The Bertz CT molecular complexity index is 719. The number of ketones is 2. The number of Topliss-reactive ketones (excluding diaryl/α,β-unsaturated/α-hetero) is 1. The van der Waals surface area contributed by atoms with Gasteiger partial charge in [-0.05, 0) is 80.1 Å². The minimum absolute atomic E-state index is 0.0829. The number of rotatable bonds is 2. The second-order valence-corrected chi connectivity index (χ2v) is 9.47. The fourth-order valence-corrected chi connectivity index (χ4v) is 7.56. The first-order valence-electron chi connectivity index (χ1n) is 10.1. The average Bonchev–Trinajstić information content (AvgIpc) is 2.94. The Balaban J connectivity index is 1.75. The van der Waals surface area contributed by atoms with Crippen molar-refractivity contribution in [3.63, 3.8) is 0 Å². The zero-order valence-electron chi connectivity index (χ0n) is 15.8. The Morgan fingerprint density at radius 1 is 1.35 bits per heavy atom. The normalized spacial score (nSPS) is 47.2. The van der Waals surface area contributed by atoms with Crippen LogP contribution >= 0.6 is 0 Å². The summed E-state index contributed by atoms with van der Waals surface area (Å²) < 4.78 is 0. The van der Waals surface area contributed by atoms with Crippen LogP contribution in [0, 0.1) is 45.8 Å². The predicted molar refractivity (Wildman–Crippen MR) is 96.8 cm³/mol. The van der Waals surface area contributed by atoms with Gasteiger partial charge in [0, 0.05) is 18.8 Å². The second kappa shape index (κ2) is 6.02. The van der Waals surface area contributed by atoms with E-state index in [-0.39, 0.29) is 34.2 Å². The average molecular weight is 355 g/mol. The van der Waals surface area contributed by atoms with Gasteiger partial charge in [0.2, 0.25) is 0 Å². The fraction of sp³-hybridized carbons (Fsp3) is 0.773. The van der Waals surface area contributed by atoms with E-state index in [1.807, 2.05) is 6.08 Å². The summed E-state index contributed by atoms with van der Waals surface area (Å²) in [5.74, 6) is 1.17. The topological polar surface area (TPSA) is 78.2 Å². The first kappa shape index (κ1) is 17.9. The first-order chi connectivity index (χ1) is 12.3. The highest BCUT2D eigenvalue weighted by Gasteiger charge is 2.64. The van der Waals surface area contributed by atoms with Gasteiger partial charge in [-0.2, -0.15) is 5.26 Å². The van der Waals surface area contributed by atoms with Gasteiger partial charge in [-0.25, -0.2) is 0 Å². The Hall–Kier alpha value is -1.47. The third-order valence-electron chi connectivity index (χ3n) is 8.52. The highest BCUT2D eigenvalue weighted by Crippen LogP contribution is 2.67. The lowest BCUT2D eigenvalue weighted by atomic mass is 9.45. The van der Waals surface area contributed by atoms with Gasteiger partial charge in [0.05, 0.1) is 12.2 Å². The van der Waals surface area contributed by atoms with E-state index in [4.69, 9.17) is 0 Å². The highest BCUT2D eigenvalue weighted by atomic mass is 16.3. The third kappa shape index (κ3) is 2.29. The molecule has 4 rings (SSSR count). The number of allylic oxidation sites excluding steroid dienone is 1. The Labute approximate surface area is 155 Å². The van der Waals surface area contributed by atoms with E-state index in [1.54, 1.807) is 6.92 Å². The number of carbonyl (C=O) groups excluding carboxylic acids is 2. The van der Waals surface area contributed by atoms with Crippen LogP contribution in [0.15, 0.2) is 11.6 Å². The first-order valence-corrected chi connectivity index (χ1v) is 10.1. The molecule has 1 unspecified atom stereocenters. The van der Waals surface area contributed by atoms with Gasteiger partial charge < -0.3 is 5.11 Å². The van der Waals surface area contributed by atoms with Crippen molar-refractivity contribution in [3.05, 3.63) is 11.6 Å². The second-order valence-electron chi connectivity index (χ2n) is 9.47. The summed E-state index contributed by atoms with van der Waals surface area (Å²) in [5.41, 5.74) is 0.773. The van der Waals surface area contributed by atoms with E-state index in [1.165, 1.54) is 5.57 Å². The molecule has 0 aromatic rings. The number of hydrogen-bond donors (Lipinski definition) is 1. The largest absolute Gasteiger partial charge is 0.393 e. The molecule has 0 saturated heterocycles. The number of carbonyl (C=O) groups is 2. The molecule has 0 aromatic carbocycles. The maximum absolute atomic E-state index is 12.3. The molecule has 0 heterocycles. The molecule has 0 amide bonds. The molecular formula is C22H29NO3. The van der Waals surface area contributed by atoms with E-state index in [2.05, 4.69) is 13.0 Å². The van der Waals surface area contributed by atoms with Crippen molar-refractivity contribution < 1.29 is 14.7 Å². The zero-order chi connectivity index (χ0) is 18.7. The SMILES string of the molecule is CC(=O)[C@H]1CC[C@H]2[C@@H]3CCC4=CC(=O)CC[C@]4(C)[C@H]3C(O)C[C@]12CC#N. The minimum Gasteiger partial charge on any atom is -0.393 e. The lowest BCUT2D eigenvalue weighted by Gasteiger charge is -2.60. The monoisotopic (exact) mass is 355 g/mol. The molecule has 0 aliphatic heterocycles. The van der Waals surface area contributed by atoms with E-state index in [9.17, 15) is 20.0 Å². The van der Waals surface area contributed by atoms with Crippen LogP contribution in [-0.2, 0) is 9.59 Å². The molecule has 4 heteroatoms. The lowest BCUT2D eigenvalue weighted by molar-refractivity contribution is -0.146. The van der Waals surface area contributed by atoms with Crippen LogP contribution in [0.5, 0.6) is 0 Å². The molecular weight excluding hydrogens is 326 g/mol. The molecule has 0 spiro atoms. The molecule has 0 radical (unpaired) electrons. The molecule has 3 saturated carbocycles. The number of nitriles is 1. The van der Waals surface area contributed by atoms with Gasteiger partial charge in [0.25, 0.3) is 0 Å². The summed E-state index contributed by atoms with van der Waals surface area (Å²) in [6.07, 6.45) is 7.42. The Morgan fingerprint density at radius 2 is 2.12 bits per heavy atom. The summed E-state index contributed by atoms with van der Waals surface area (Å²) >= 11 is 0. The van der Waals surface area contributed by atoms with Crippen LogP contribution in [0.2, 0.25) is 0 Å². The molecule has 7 atom stereocenters. The number of fused-ring (bicyclic) bond motifs is 5. The lowest BCUT2D eigenvalue weighted by Crippen LogP contribution is -2.57. The maximum Gasteiger partial charge on any atom is 0.155 e. The number of aliphatic hydroxyl groups is 1. The molecule has 3 fully saturated rings. The van der Waals surface area contributed by atoms with E-state index < -0.39 is 6.10 Å². The Kier molecular flexibility index (Phi) is 4.15. The van der Waals surface area contributed by atoms with E-state index >= 15 is 0 Å². The van der Waals surface area contributed by atoms with Crippen LogP contribution in [0.4, 0.5) is 0 Å². The molecule has 0 bridgehead atoms. The summed E-state index contributed by atoms with van der Waals surface area (Å²) in [4.78, 5) is 24.3. The van der Waals surface area contributed by atoms with Crippen molar-refractivity contribution in [1.29, 1.82) is 5.26 Å². The summed E-state index contributed by atoms with van der Waals surface area (Å²) in [6.45, 7) is 3.89. The van der Waals surface area contributed by atoms with Crippen LogP contribution in [0.25, 0.3) is 0 Å². The summed E-state index contributed by atoms with van der Waals surface area (Å²) in [6, 6.07) is 2.35. The van der Waals surface area contributed by atoms with Gasteiger partial charge >= 0.3 is 0 Å². The molecule has 26 heavy (non-hydrogen) atoms. The molecule has 4 aliphatic rings. The smallest absolute Gasteiger partial charge is 0.155 e. The zero-order valence-corrected chi connectivity index (χ0v) is 15.8. The predicted octanol–water partition coefficient (Wildman–Crippen LogP) is 3.59. The van der Waals surface area contributed by atoms with Crippen molar-refractivity contribution >= 4 is 11.6 Å². The van der Waals surface area contributed by atoms with Gasteiger partial charge in [0.1, 0.15) is 5.78 Å². The number of nitrogens with zero attached hydrogens (tertiary/aromatic N) is 1. The van der Waals surface area contributed by atoms with Crippen LogP contribution in [0.3, 0.4) is 0 Å². The van der Waals surface area contributed by atoms with E-state index in [0.717, 1.165) is 32.1 Å². The van der Waals surface area contributed by atoms with Gasteiger partial charge in [0.15, 0.2) is 5.78 Å². The van der Waals surface area contributed by atoms with Crippen molar-refractivity contribution in [2.75, 3.05) is 0 Å². The highest BCUT2D eigenvalue weighted by molar-refractivity contribution is 5.91. The van der Waals surface area contributed by atoms with Crippen molar-refractivity contribution in [2.45, 2.75) is 71.3 Å². The standard InChI is InChI=1S/C22H29NO3/c1-13(24)17-5-6-18-16-4-3-14-11-15(25)7-8-21(14,2)20(16)19(26)12-22(17,18)9-10-23/h11,16-20,26H,3-9,12H2,1-2H3/t16-,17+,18-,19?,20+,21-,22+/m0/s1. The van der Waals surface area contributed by atoms with Gasteiger partial charge in [-0.3, -0.25) is 9.59 Å². The van der Waals surface area contributed by atoms with Crippen molar-refractivity contribution in [1.82, 2.24) is 0 Å². The fourth-order valence-electron chi connectivity index (χ4n) is 7.56. The summed E-state index contributed by atoms with van der Waals surface area (Å²) in [5, 5.41) is 20.8. The molecule has 0 aromatic heterocycles. The van der Waals surface area contributed by atoms with Crippen LogP contribution in [-0.4, -0.2) is 22.8 Å². The summed E-state index contributed by atoms with van der Waals surface area (Å²) in [7, 11) is 0. The third-order valence-corrected chi connectivity index (χ3v) is 8.52. The quantitative estimate of drug-likeness (QED) is 0.821. The maximum atomic E-state index is 12.3. The minimum atomic E-state index is -0.494. The van der Waals surface area contributed by atoms with E-state index in [0.29, 0.717) is 31.1 Å².